The van der Waals surface area contributed by atoms with Crippen molar-refractivity contribution in [2.24, 2.45) is 11.8 Å². The highest BCUT2D eigenvalue weighted by atomic mass is 19.1. The maximum Gasteiger partial charge on any atom is 0.225 e. The Morgan fingerprint density at radius 3 is 2.33 bits per heavy atom. The quantitative estimate of drug-likeness (QED) is 0.800. The zero-order chi connectivity index (χ0) is 21.3. The predicted octanol–water partition coefficient (Wildman–Crippen LogP) is 2.70. The summed E-state index contributed by atoms with van der Waals surface area (Å²) in [5, 5.41) is 2.95. The highest BCUT2D eigenvalue weighted by Gasteiger charge is 2.36. The Hall–Kier alpha value is -2.15. The largest absolute Gasteiger partial charge is 0.372 e. The van der Waals surface area contributed by atoms with E-state index in [9.17, 15) is 14.0 Å². The van der Waals surface area contributed by atoms with Crippen LogP contribution >= 0.6 is 0 Å². The molecule has 2 heterocycles. The number of hydrogen-bond donors (Lipinski definition) is 1. The number of halogens is 1. The first kappa shape index (κ1) is 21.1. The first-order valence-corrected chi connectivity index (χ1v) is 11.2. The average Bonchev–Trinajstić information content (AvgIpc) is 3.56. The summed E-state index contributed by atoms with van der Waals surface area (Å²) >= 11 is 0. The lowest BCUT2D eigenvalue weighted by atomic mass is 9.95. The summed E-state index contributed by atoms with van der Waals surface area (Å²) in [5.74, 6) is 0.142. The van der Waals surface area contributed by atoms with E-state index >= 15 is 0 Å². The molecule has 3 fully saturated rings. The van der Waals surface area contributed by atoms with Crippen molar-refractivity contribution in [3.63, 3.8) is 0 Å². The fourth-order valence-electron chi connectivity index (χ4n) is 4.58. The van der Waals surface area contributed by atoms with Crippen LogP contribution < -0.4 is 10.2 Å². The first-order chi connectivity index (χ1) is 14.4. The van der Waals surface area contributed by atoms with Crippen LogP contribution in [0.1, 0.15) is 45.1 Å². The lowest BCUT2D eigenvalue weighted by molar-refractivity contribution is -0.136. The lowest BCUT2D eigenvalue weighted by Gasteiger charge is -2.37. The van der Waals surface area contributed by atoms with Crippen molar-refractivity contribution < 1.29 is 18.7 Å². The SMILES string of the molecule is CC1CN(c2ccc(CNC(=O)C3CCN(C(=O)C4CC4)CC3)cc2F)CC(C)O1. The summed E-state index contributed by atoms with van der Waals surface area (Å²) in [6.45, 7) is 6.96. The number of nitrogens with one attached hydrogen (secondary N) is 1. The number of carbonyl (C=O) groups is 2. The van der Waals surface area contributed by atoms with Gasteiger partial charge in [-0.3, -0.25) is 9.59 Å². The highest BCUT2D eigenvalue weighted by Crippen LogP contribution is 2.32. The Bertz CT molecular complexity index is 780. The molecule has 0 aromatic heterocycles. The second-order valence-electron chi connectivity index (χ2n) is 9.04. The zero-order valence-electron chi connectivity index (χ0n) is 17.9. The van der Waals surface area contributed by atoms with Gasteiger partial charge in [0.2, 0.25) is 11.8 Å². The number of anilines is 1. The second kappa shape index (κ2) is 8.92. The molecule has 2 unspecified atom stereocenters. The molecule has 1 aromatic carbocycles. The molecule has 2 saturated heterocycles. The highest BCUT2D eigenvalue weighted by molar-refractivity contribution is 5.82. The maximum atomic E-state index is 14.7. The third-order valence-corrected chi connectivity index (χ3v) is 6.34. The topological polar surface area (TPSA) is 61.9 Å². The minimum Gasteiger partial charge on any atom is -0.372 e. The second-order valence-corrected chi connectivity index (χ2v) is 9.04. The Labute approximate surface area is 177 Å². The fourth-order valence-corrected chi connectivity index (χ4v) is 4.58. The van der Waals surface area contributed by atoms with Crippen molar-refractivity contribution in [3.8, 4) is 0 Å². The molecule has 4 rings (SSSR count). The monoisotopic (exact) mass is 417 g/mol. The third kappa shape index (κ3) is 4.94. The smallest absolute Gasteiger partial charge is 0.225 e. The molecule has 3 aliphatic rings. The Balaban J connectivity index is 1.27. The predicted molar refractivity (Wildman–Crippen MR) is 112 cm³/mol. The number of morpholine rings is 1. The molecular formula is C23H32FN3O3. The van der Waals surface area contributed by atoms with Crippen LogP contribution in [0, 0.1) is 17.7 Å². The molecule has 1 aromatic rings. The summed E-state index contributed by atoms with van der Waals surface area (Å²) in [7, 11) is 0. The summed E-state index contributed by atoms with van der Waals surface area (Å²) in [5.41, 5.74) is 1.33. The molecule has 1 saturated carbocycles. The number of benzene rings is 1. The molecule has 6 nitrogen and oxygen atoms in total. The number of ether oxygens (including phenoxy) is 1. The normalized spacial score (nSPS) is 25.3. The molecule has 0 spiro atoms. The van der Waals surface area contributed by atoms with Gasteiger partial charge in [0.05, 0.1) is 17.9 Å². The average molecular weight is 418 g/mol. The molecule has 1 aliphatic carbocycles. The minimum absolute atomic E-state index is 0.00571. The molecular weight excluding hydrogens is 385 g/mol. The summed E-state index contributed by atoms with van der Waals surface area (Å²) in [4.78, 5) is 28.6. The number of amides is 2. The van der Waals surface area contributed by atoms with Crippen molar-refractivity contribution in [3.05, 3.63) is 29.6 Å². The van der Waals surface area contributed by atoms with E-state index in [2.05, 4.69) is 5.32 Å². The van der Waals surface area contributed by atoms with Gasteiger partial charge in [-0.1, -0.05) is 6.07 Å². The van der Waals surface area contributed by atoms with Gasteiger partial charge in [0, 0.05) is 44.6 Å². The van der Waals surface area contributed by atoms with Gasteiger partial charge in [0.1, 0.15) is 5.82 Å². The Kier molecular flexibility index (Phi) is 6.27. The van der Waals surface area contributed by atoms with Gasteiger partial charge < -0.3 is 19.9 Å². The number of rotatable bonds is 5. The maximum absolute atomic E-state index is 14.7. The van der Waals surface area contributed by atoms with E-state index in [0.29, 0.717) is 51.3 Å². The van der Waals surface area contributed by atoms with Crippen LogP contribution in [0.2, 0.25) is 0 Å². The number of nitrogens with zero attached hydrogens (tertiary/aromatic N) is 2. The molecule has 2 atom stereocenters. The Morgan fingerprint density at radius 2 is 1.73 bits per heavy atom. The van der Waals surface area contributed by atoms with Crippen LogP contribution in [-0.4, -0.2) is 55.1 Å². The van der Waals surface area contributed by atoms with E-state index in [1.165, 1.54) is 6.07 Å². The molecule has 2 aliphatic heterocycles. The van der Waals surface area contributed by atoms with Gasteiger partial charge in [-0.25, -0.2) is 4.39 Å². The summed E-state index contributed by atoms with van der Waals surface area (Å²) < 4.78 is 20.4. The molecule has 164 valence electrons. The molecule has 0 radical (unpaired) electrons. The van der Waals surface area contributed by atoms with Crippen molar-refractivity contribution in [2.45, 2.75) is 58.3 Å². The van der Waals surface area contributed by atoms with Crippen LogP contribution in [0.4, 0.5) is 10.1 Å². The summed E-state index contributed by atoms with van der Waals surface area (Å²) in [6, 6.07) is 5.18. The van der Waals surface area contributed by atoms with Gasteiger partial charge in [-0.15, -0.1) is 0 Å². The number of likely N-dealkylation sites (tertiary alicyclic amines) is 1. The van der Waals surface area contributed by atoms with Gasteiger partial charge >= 0.3 is 0 Å². The van der Waals surface area contributed by atoms with E-state index in [-0.39, 0.29) is 41.7 Å². The molecule has 30 heavy (non-hydrogen) atoms. The van der Waals surface area contributed by atoms with E-state index < -0.39 is 0 Å². The standard InChI is InChI=1S/C23H32FN3O3/c1-15-13-27(14-16(2)30-15)21-6-3-17(11-20(21)24)12-25-22(28)18-7-9-26(10-8-18)23(29)19-4-5-19/h3,6,11,15-16,18-19H,4-5,7-10,12-14H2,1-2H3,(H,25,28). The minimum atomic E-state index is -0.269. The van der Waals surface area contributed by atoms with Gasteiger partial charge in [-0.05, 0) is 57.2 Å². The first-order valence-electron chi connectivity index (χ1n) is 11.2. The molecule has 7 heteroatoms. The molecule has 2 amide bonds. The van der Waals surface area contributed by atoms with E-state index in [4.69, 9.17) is 4.74 Å². The molecule has 0 bridgehead atoms. The van der Waals surface area contributed by atoms with Crippen molar-refractivity contribution in [1.82, 2.24) is 10.2 Å². The number of carbonyl (C=O) groups excluding carboxylic acids is 2. The van der Waals surface area contributed by atoms with Crippen molar-refractivity contribution >= 4 is 17.5 Å². The van der Waals surface area contributed by atoms with E-state index in [1.807, 2.05) is 29.7 Å². The van der Waals surface area contributed by atoms with Gasteiger partial charge in [-0.2, -0.15) is 0 Å². The van der Waals surface area contributed by atoms with E-state index in [1.54, 1.807) is 6.07 Å². The zero-order valence-corrected chi connectivity index (χ0v) is 17.9. The fraction of sp³-hybridized carbons (Fsp3) is 0.652. The number of piperidine rings is 1. The van der Waals surface area contributed by atoms with Crippen LogP contribution in [0.15, 0.2) is 18.2 Å². The molecule has 1 N–H and O–H groups in total. The van der Waals surface area contributed by atoms with Gasteiger partial charge in [0.25, 0.3) is 0 Å². The summed E-state index contributed by atoms with van der Waals surface area (Å²) in [6.07, 6.45) is 3.56. The van der Waals surface area contributed by atoms with Crippen LogP contribution in [0.5, 0.6) is 0 Å². The van der Waals surface area contributed by atoms with Crippen LogP contribution in [0.25, 0.3) is 0 Å². The van der Waals surface area contributed by atoms with Crippen LogP contribution in [-0.2, 0) is 20.9 Å². The van der Waals surface area contributed by atoms with Gasteiger partial charge in [0.15, 0.2) is 0 Å². The van der Waals surface area contributed by atoms with E-state index in [0.717, 1.165) is 18.4 Å². The van der Waals surface area contributed by atoms with Crippen molar-refractivity contribution in [2.75, 3.05) is 31.1 Å². The lowest BCUT2D eigenvalue weighted by Crippen LogP contribution is -2.45. The number of hydrogen-bond acceptors (Lipinski definition) is 4. The van der Waals surface area contributed by atoms with Crippen LogP contribution in [0.3, 0.4) is 0 Å². The Morgan fingerprint density at radius 1 is 1.07 bits per heavy atom. The third-order valence-electron chi connectivity index (χ3n) is 6.34. The van der Waals surface area contributed by atoms with Crippen molar-refractivity contribution in [1.29, 1.82) is 0 Å².